The molecule has 0 radical (unpaired) electrons. The Morgan fingerprint density at radius 2 is 2.25 bits per heavy atom. The molecule has 0 fully saturated rings. The fraction of sp³-hybridized carbons (Fsp3) is 0.500. The summed E-state index contributed by atoms with van der Waals surface area (Å²) in [5, 5.41) is 29.8. The molecule has 0 atom stereocenters. The van der Waals surface area contributed by atoms with Crippen LogP contribution >= 0.6 is 0 Å². The van der Waals surface area contributed by atoms with Gasteiger partial charge in [-0.15, -0.1) is 0 Å². The van der Waals surface area contributed by atoms with Crippen molar-refractivity contribution in [3.63, 3.8) is 0 Å². The van der Waals surface area contributed by atoms with E-state index >= 15 is 0 Å². The monoisotopic (exact) mass is 170 g/mol. The average molecular weight is 170 g/mol. The number of aliphatic hydroxyl groups is 1. The van der Waals surface area contributed by atoms with Gasteiger partial charge in [-0.05, 0) is 6.42 Å². The Morgan fingerprint density at radius 3 is 2.75 bits per heavy atom. The molecule has 0 unspecified atom stereocenters. The number of aryl methyl sites for hydroxylation is 1. The Balaban J connectivity index is 2.52. The second-order valence-electron chi connectivity index (χ2n) is 2.49. The molecule has 0 aromatic carbocycles. The fourth-order valence-electron chi connectivity index (χ4n) is 0.868. The maximum Gasteiger partial charge on any atom is 0.491 e. The predicted octanol–water partition coefficient (Wildman–Crippen LogP) is -2.05. The van der Waals surface area contributed by atoms with Gasteiger partial charge in [-0.3, -0.25) is 4.68 Å². The highest BCUT2D eigenvalue weighted by Gasteiger charge is 2.12. The molecule has 0 aliphatic carbocycles. The van der Waals surface area contributed by atoms with Crippen LogP contribution in [0, 0.1) is 0 Å². The SMILES string of the molecule is OCCCn1cc(B(O)O)cn1. The summed E-state index contributed by atoms with van der Waals surface area (Å²) in [6.07, 6.45) is 3.55. The Labute approximate surface area is 70.4 Å². The van der Waals surface area contributed by atoms with E-state index in [-0.39, 0.29) is 6.61 Å². The Bertz CT molecular complexity index is 238. The van der Waals surface area contributed by atoms with Crippen LogP contribution in [0.15, 0.2) is 12.4 Å². The number of nitrogens with zero attached hydrogens (tertiary/aromatic N) is 2. The van der Waals surface area contributed by atoms with Crippen LogP contribution in [0.25, 0.3) is 0 Å². The topological polar surface area (TPSA) is 78.5 Å². The van der Waals surface area contributed by atoms with E-state index in [1.807, 2.05) is 0 Å². The molecule has 6 heteroatoms. The standard InChI is InChI=1S/C6H11BN2O3/c10-3-1-2-9-5-6(4-8-9)7(11)12/h4-5,10-12H,1-3H2. The summed E-state index contributed by atoms with van der Waals surface area (Å²) in [4.78, 5) is 0. The molecule has 0 saturated heterocycles. The minimum Gasteiger partial charge on any atom is -0.423 e. The second-order valence-corrected chi connectivity index (χ2v) is 2.49. The predicted molar refractivity (Wildman–Crippen MR) is 43.8 cm³/mol. The lowest BCUT2D eigenvalue weighted by molar-refractivity contribution is 0.277. The van der Waals surface area contributed by atoms with Crippen molar-refractivity contribution in [2.75, 3.05) is 6.61 Å². The van der Waals surface area contributed by atoms with E-state index in [1.165, 1.54) is 6.20 Å². The van der Waals surface area contributed by atoms with Gasteiger partial charge in [0.1, 0.15) is 0 Å². The molecule has 0 aliphatic rings. The highest BCUT2D eigenvalue weighted by molar-refractivity contribution is 6.58. The molecular formula is C6H11BN2O3. The van der Waals surface area contributed by atoms with Gasteiger partial charge in [0.2, 0.25) is 0 Å². The van der Waals surface area contributed by atoms with Crippen LogP contribution < -0.4 is 5.46 Å². The zero-order valence-corrected chi connectivity index (χ0v) is 6.59. The van der Waals surface area contributed by atoms with Crippen molar-refractivity contribution in [3.05, 3.63) is 12.4 Å². The first kappa shape index (κ1) is 9.24. The van der Waals surface area contributed by atoms with Crippen molar-refractivity contribution in [1.29, 1.82) is 0 Å². The Morgan fingerprint density at radius 1 is 1.50 bits per heavy atom. The maximum absolute atomic E-state index is 8.72. The molecule has 66 valence electrons. The van der Waals surface area contributed by atoms with Gasteiger partial charge < -0.3 is 15.2 Å². The smallest absolute Gasteiger partial charge is 0.423 e. The van der Waals surface area contributed by atoms with E-state index in [4.69, 9.17) is 15.2 Å². The third-order valence-corrected chi connectivity index (χ3v) is 1.50. The van der Waals surface area contributed by atoms with Crippen molar-refractivity contribution < 1.29 is 15.2 Å². The molecule has 3 N–H and O–H groups in total. The van der Waals surface area contributed by atoms with Gasteiger partial charge in [-0.25, -0.2) is 0 Å². The summed E-state index contributed by atoms with van der Waals surface area (Å²) in [6.45, 7) is 0.695. The van der Waals surface area contributed by atoms with Crippen LogP contribution in [0.2, 0.25) is 0 Å². The first-order valence-corrected chi connectivity index (χ1v) is 3.73. The van der Waals surface area contributed by atoms with Gasteiger partial charge in [0, 0.05) is 31.0 Å². The number of hydrogen-bond acceptors (Lipinski definition) is 4. The Kier molecular flexibility index (Phi) is 3.27. The molecule has 1 rings (SSSR count). The number of rotatable bonds is 4. The summed E-state index contributed by atoms with van der Waals surface area (Å²) in [7, 11) is -1.46. The zero-order valence-electron chi connectivity index (χ0n) is 6.59. The summed E-state index contributed by atoms with van der Waals surface area (Å²) >= 11 is 0. The largest absolute Gasteiger partial charge is 0.491 e. The van der Waals surface area contributed by atoms with Crippen LogP contribution in [0.4, 0.5) is 0 Å². The molecule has 5 nitrogen and oxygen atoms in total. The second kappa shape index (κ2) is 4.25. The molecule has 12 heavy (non-hydrogen) atoms. The van der Waals surface area contributed by atoms with Crippen LogP contribution in [-0.4, -0.2) is 38.7 Å². The van der Waals surface area contributed by atoms with Gasteiger partial charge in [-0.1, -0.05) is 0 Å². The maximum atomic E-state index is 8.72. The number of aromatic nitrogens is 2. The number of hydrogen-bond donors (Lipinski definition) is 3. The van der Waals surface area contributed by atoms with Crippen LogP contribution in [0.5, 0.6) is 0 Å². The lowest BCUT2D eigenvalue weighted by atomic mass is 9.83. The average Bonchev–Trinajstić information content (AvgIpc) is 2.48. The van der Waals surface area contributed by atoms with E-state index in [9.17, 15) is 0 Å². The normalized spacial score (nSPS) is 10.2. The number of aliphatic hydroxyl groups excluding tert-OH is 1. The molecule has 1 heterocycles. The third kappa shape index (κ3) is 2.33. The van der Waals surface area contributed by atoms with Crippen molar-refractivity contribution >= 4 is 12.6 Å². The molecular weight excluding hydrogens is 159 g/mol. The minimum atomic E-state index is -1.46. The van der Waals surface area contributed by atoms with Crippen molar-refractivity contribution in [3.8, 4) is 0 Å². The highest BCUT2D eigenvalue weighted by Crippen LogP contribution is 1.87. The quantitative estimate of drug-likeness (QED) is 0.454. The molecule has 1 aromatic heterocycles. The van der Waals surface area contributed by atoms with Crippen LogP contribution in [0.3, 0.4) is 0 Å². The lowest BCUT2D eigenvalue weighted by Gasteiger charge is -1.96. The van der Waals surface area contributed by atoms with Crippen molar-refractivity contribution in [1.82, 2.24) is 9.78 Å². The third-order valence-electron chi connectivity index (χ3n) is 1.50. The van der Waals surface area contributed by atoms with Gasteiger partial charge in [0.25, 0.3) is 0 Å². The molecule has 0 bridgehead atoms. The molecule has 0 spiro atoms. The summed E-state index contributed by atoms with van der Waals surface area (Å²) < 4.78 is 1.56. The van der Waals surface area contributed by atoms with Crippen LogP contribution in [0.1, 0.15) is 6.42 Å². The summed E-state index contributed by atoms with van der Waals surface area (Å²) in [5.41, 5.74) is 0.368. The molecule has 0 aliphatic heterocycles. The zero-order chi connectivity index (χ0) is 8.97. The van der Waals surface area contributed by atoms with Gasteiger partial charge in [-0.2, -0.15) is 5.10 Å². The molecule has 1 aromatic rings. The Hall–Kier alpha value is -0.845. The minimum absolute atomic E-state index is 0.108. The van der Waals surface area contributed by atoms with Gasteiger partial charge >= 0.3 is 7.12 Å². The van der Waals surface area contributed by atoms with E-state index in [0.29, 0.717) is 18.4 Å². The van der Waals surface area contributed by atoms with Gasteiger partial charge in [0.05, 0.1) is 0 Å². The highest BCUT2D eigenvalue weighted by atomic mass is 16.4. The first-order chi connectivity index (χ1) is 5.74. The lowest BCUT2D eigenvalue weighted by Crippen LogP contribution is -2.28. The summed E-state index contributed by atoms with van der Waals surface area (Å²) in [5.74, 6) is 0. The first-order valence-electron chi connectivity index (χ1n) is 3.73. The fourth-order valence-corrected chi connectivity index (χ4v) is 0.868. The van der Waals surface area contributed by atoms with E-state index in [0.717, 1.165) is 0 Å². The molecule has 0 saturated carbocycles. The van der Waals surface area contributed by atoms with E-state index < -0.39 is 7.12 Å². The van der Waals surface area contributed by atoms with E-state index in [2.05, 4.69) is 5.10 Å². The van der Waals surface area contributed by atoms with Crippen molar-refractivity contribution in [2.24, 2.45) is 0 Å². The van der Waals surface area contributed by atoms with E-state index in [1.54, 1.807) is 10.9 Å². The molecule has 0 amide bonds. The van der Waals surface area contributed by atoms with Gasteiger partial charge in [0.15, 0.2) is 0 Å². The summed E-state index contributed by atoms with van der Waals surface area (Å²) in [6, 6.07) is 0. The van der Waals surface area contributed by atoms with Crippen molar-refractivity contribution in [2.45, 2.75) is 13.0 Å². The van der Waals surface area contributed by atoms with Crippen LogP contribution in [-0.2, 0) is 6.54 Å².